The summed E-state index contributed by atoms with van der Waals surface area (Å²) < 4.78 is 15.9. The molecule has 24 heavy (non-hydrogen) atoms. The molecule has 7 heteroatoms. The van der Waals surface area contributed by atoms with Gasteiger partial charge in [-0.1, -0.05) is 11.6 Å². The van der Waals surface area contributed by atoms with Crippen molar-refractivity contribution in [3.63, 3.8) is 0 Å². The fourth-order valence-corrected chi connectivity index (χ4v) is 2.39. The fourth-order valence-electron chi connectivity index (χ4n) is 2.13. The first-order valence-electron chi connectivity index (χ1n) is 7.24. The van der Waals surface area contributed by atoms with E-state index in [1.54, 1.807) is 26.4 Å². The molecule has 0 saturated carbocycles. The van der Waals surface area contributed by atoms with E-state index in [9.17, 15) is 0 Å². The van der Waals surface area contributed by atoms with E-state index in [0.29, 0.717) is 29.1 Å². The van der Waals surface area contributed by atoms with Gasteiger partial charge in [-0.15, -0.1) is 10.2 Å². The monoisotopic (exact) mass is 345 g/mol. The summed E-state index contributed by atoms with van der Waals surface area (Å²) in [4.78, 5) is 0. The number of rotatable bonds is 6. The van der Waals surface area contributed by atoms with Gasteiger partial charge in [-0.05, 0) is 42.5 Å². The predicted octanol–water partition coefficient (Wildman–Crippen LogP) is 4.02. The molecule has 0 spiro atoms. The van der Waals surface area contributed by atoms with Crippen LogP contribution in [-0.4, -0.2) is 24.4 Å². The van der Waals surface area contributed by atoms with Crippen molar-refractivity contribution < 1.29 is 13.9 Å². The number of hydrogen-bond acceptors (Lipinski definition) is 6. The van der Waals surface area contributed by atoms with Gasteiger partial charge in [0.1, 0.15) is 11.5 Å². The normalized spacial score (nSPS) is 10.5. The second-order valence-corrected chi connectivity index (χ2v) is 5.34. The van der Waals surface area contributed by atoms with Crippen molar-refractivity contribution in [3.8, 4) is 23.0 Å². The summed E-state index contributed by atoms with van der Waals surface area (Å²) in [5.41, 5.74) is 1.67. The van der Waals surface area contributed by atoms with Crippen LogP contribution in [-0.2, 0) is 6.54 Å². The molecule has 0 aliphatic heterocycles. The number of nitrogens with zero attached hydrogens (tertiary/aromatic N) is 2. The molecular weight excluding hydrogens is 330 g/mol. The molecule has 0 unspecified atom stereocenters. The van der Waals surface area contributed by atoms with Gasteiger partial charge in [-0.2, -0.15) is 0 Å². The summed E-state index contributed by atoms with van der Waals surface area (Å²) in [5, 5.41) is 11.8. The van der Waals surface area contributed by atoms with Gasteiger partial charge in [0.15, 0.2) is 0 Å². The standard InChI is InChI=1S/C17H16ClN3O3/c1-22-13-6-3-11(4-7-13)17-21-20-16(24-17)10-19-12-5-8-15(23-2)14(18)9-12/h3-9,19H,10H2,1-2H3. The van der Waals surface area contributed by atoms with Crippen LogP contribution in [0.1, 0.15) is 5.89 Å². The molecule has 0 saturated heterocycles. The van der Waals surface area contributed by atoms with Crippen LogP contribution in [0.3, 0.4) is 0 Å². The molecule has 0 radical (unpaired) electrons. The topological polar surface area (TPSA) is 69.4 Å². The second kappa shape index (κ2) is 7.23. The maximum atomic E-state index is 6.09. The van der Waals surface area contributed by atoms with Crippen LogP contribution < -0.4 is 14.8 Å². The molecule has 1 heterocycles. The second-order valence-electron chi connectivity index (χ2n) is 4.93. The highest BCUT2D eigenvalue weighted by Gasteiger charge is 2.09. The van der Waals surface area contributed by atoms with Gasteiger partial charge in [0.25, 0.3) is 0 Å². The van der Waals surface area contributed by atoms with Crippen molar-refractivity contribution in [2.45, 2.75) is 6.54 Å². The van der Waals surface area contributed by atoms with Crippen LogP contribution >= 0.6 is 11.6 Å². The van der Waals surface area contributed by atoms with Crippen LogP contribution in [0.15, 0.2) is 46.9 Å². The molecule has 124 valence electrons. The van der Waals surface area contributed by atoms with E-state index in [0.717, 1.165) is 17.0 Å². The molecule has 1 N–H and O–H groups in total. The molecular formula is C17H16ClN3O3. The molecule has 3 aromatic rings. The number of anilines is 1. The maximum Gasteiger partial charge on any atom is 0.247 e. The molecule has 0 aliphatic rings. The molecule has 6 nitrogen and oxygen atoms in total. The van der Waals surface area contributed by atoms with E-state index in [2.05, 4.69) is 15.5 Å². The summed E-state index contributed by atoms with van der Waals surface area (Å²) in [6, 6.07) is 12.9. The number of halogens is 1. The zero-order valence-corrected chi connectivity index (χ0v) is 14.0. The van der Waals surface area contributed by atoms with Crippen molar-refractivity contribution in [3.05, 3.63) is 53.4 Å². The van der Waals surface area contributed by atoms with E-state index < -0.39 is 0 Å². The predicted molar refractivity (Wildman–Crippen MR) is 91.6 cm³/mol. The van der Waals surface area contributed by atoms with Gasteiger partial charge in [0.2, 0.25) is 11.8 Å². The number of benzene rings is 2. The molecule has 2 aromatic carbocycles. The van der Waals surface area contributed by atoms with Crippen molar-refractivity contribution in [1.82, 2.24) is 10.2 Å². The third-order valence-corrected chi connectivity index (χ3v) is 3.69. The maximum absolute atomic E-state index is 6.09. The summed E-state index contributed by atoms with van der Waals surface area (Å²) in [6.07, 6.45) is 0. The van der Waals surface area contributed by atoms with Crippen molar-refractivity contribution in [1.29, 1.82) is 0 Å². The van der Waals surface area contributed by atoms with Crippen LogP contribution in [0.4, 0.5) is 5.69 Å². The van der Waals surface area contributed by atoms with Gasteiger partial charge in [0, 0.05) is 11.3 Å². The smallest absolute Gasteiger partial charge is 0.247 e. The number of aromatic nitrogens is 2. The third kappa shape index (κ3) is 3.60. The summed E-state index contributed by atoms with van der Waals surface area (Å²) >= 11 is 6.09. The van der Waals surface area contributed by atoms with Crippen LogP contribution in [0.5, 0.6) is 11.5 Å². The molecule has 0 fully saturated rings. The first-order valence-corrected chi connectivity index (χ1v) is 7.61. The quantitative estimate of drug-likeness (QED) is 0.727. The molecule has 0 atom stereocenters. The summed E-state index contributed by atoms with van der Waals surface area (Å²) in [6.45, 7) is 0.395. The minimum atomic E-state index is 0.395. The van der Waals surface area contributed by atoms with Gasteiger partial charge < -0.3 is 19.2 Å². The summed E-state index contributed by atoms with van der Waals surface area (Å²) in [7, 11) is 3.20. The van der Waals surface area contributed by atoms with Gasteiger partial charge in [-0.25, -0.2) is 0 Å². The van der Waals surface area contributed by atoms with E-state index in [4.69, 9.17) is 25.5 Å². The number of ether oxygens (including phenoxy) is 2. The minimum absolute atomic E-state index is 0.395. The van der Waals surface area contributed by atoms with Crippen molar-refractivity contribution in [2.24, 2.45) is 0 Å². The van der Waals surface area contributed by atoms with Gasteiger partial charge in [0.05, 0.1) is 25.8 Å². The minimum Gasteiger partial charge on any atom is -0.497 e. The Hall–Kier alpha value is -2.73. The average molecular weight is 346 g/mol. The Balaban J connectivity index is 1.66. The Bertz CT molecular complexity index is 818. The van der Waals surface area contributed by atoms with E-state index in [-0.39, 0.29) is 0 Å². The highest BCUT2D eigenvalue weighted by atomic mass is 35.5. The van der Waals surface area contributed by atoms with Gasteiger partial charge >= 0.3 is 0 Å². The van der Waals surface area contributed by atoms with E-state index >= 15 is 0 Å². The molecule has 0 bridgehead atoms. The fraction of sp³-hybridized carbons (Fsp3) is 0.176. The van der Waals surface area contributed by atoms with Crippen LogP contribution in [0.25, 0.3) is 11.5 Å². The molecule has 1 aromatic heterocycles. The SMILES string of the molecule is COc1ccc(-c2nnc(CNc3ccc(OC)c(Cl)c3)o2)cc1. The van der Waals surface area contributed by atoms with Crippen molar-refractivity contribution >= 4 is 17.3 Å². The first-order chi connectivity index (χ1) is 11.7. The lowest BCUT2D eigenvalue weighted by Crippen LogP contribution is -1.99. The Labute approximate surface area is 144 Å². The Morgan fingerprint density at radius 2 is 1.83 bits per heavy atom. The molecule has 0 amide bonds. The highest BCUT2D eigenvalue weighted by molar-refractivity contribution is 6.32. The zero-order valence-electron chi connectivity index (χ0n) is 13.2. The highest BCUT2D eigenvalue weighted by Crippen LogP contribution is 2.27. The Kier molecular flexibility index (Phi) is 4.86. The van der Waals surface area contributed by atoms with E-state index in [1.165, 1.54) is 0 Å². The van der Waals surface area contributed by atoms with Gasteiger partial charge in [-0.3, -0.25) is 0 Å². The molecule has 0 aliphatic carbocycles. The van der Waals surface area contributed by atoms with Crippen LogP contribution in [0.2, 0.25) is 5.02 Å². The lowest BCUT2D eigenvalue weighted by atomic mass is 10.2. The Morgan fingerprint density at radius 3 is 2.50 bits per heavy atom. The van der Waals surface area contributed by atoms with Crippen LogP contribution in [0, 0.1) is 0 Å². The molecule has 3 rings (SSSR count). The lowest BCUT2D eigenvalue weighted by molar-refractivity contribution is 0.415. The Morgan fingerprint density at radius 1 is 1.04 bits per heavy atom. The number of hydrogen-bond donors (Lipinski definition) is 1. The number of nitrogens with one attached hydrogen (secondary N) is 1. The summed E-state index contributed by atoms with van der Waals surface area (Å²) in [5.74, 6) is 2.34. The number of methoxy groups -OCH3 is 2. The average Bonchev–Trinajstić information content (AvgIpc) is 3.09. The lowest BCUT2D eigenvalue weighted by Gasteiger charge is -2.07. The largest absolute Gasteiger partial charge is 0.497 e. The third-order valence-electron chi connectivity index (χ3n) is 3.40. The first kappa shape index (κ1) is 16.1. The van der Waals surface area contributed by atoms with Crippen molar-refractivity contribution in [2.75, 3.05) is 19.5 Å². The zero-order chi connectivity index (χ0) is 16.9. The van der Waals surface area contributed by atoms with E-state index in [1.807, 2.05) is 30.3 Å².